The lowest BCUT2D eigenvalue weighted by Gasteiger charge is -2.37. The zero-order chi connectivity index (χ0) is 8.32. The lowest BCUT2D eigenvalue weighted by atomic mass is 9.80. The highest BCUT2D eigenvalue weighted by Gasteiger charge is 2.31. The second kappa shape index (κ2) is 3.52. The third-order valence-corrected chi connectivity index (χ3v) is 2.82. The Bertz CT molecular complexity index is 113. The van der Waals surface area contributed by atoms with Gasteiger partial charge in [0.05, 0.1) is 6.61 Å². The Labute approximate surface area is 68.0 Å². The van der Waals surface area contributed by atoms with Crippen molar-refractivity contribution in [3.05, 3.63) is 0 Å². The molecule has 0 unspecified atom stereocenters. The summed E-state index contributed by atoms with van der Waals surface area (Å²) < 4.78 is 0. The number of nitrogens with two attached hydrogens (primary N) is 1. The van der Waals surface area contributed by atoms with Crippen LogP contribution in [-0.2, 0) is 0 Å². The van der Waals surface area contributed by atoms with E-state index >= 15 is 0 Å². The van der Waals surface area contributed by atoms with E-state index in [1.165, 1.54) is 0 Å². The zero-order valence-electron chi connectivity index (χ0n) is 7.14. The molecule has 0 aromatic heterocycles. The first kappa shape index (κ1) is 8.97. The molecule has 0 atom stereocenters. The number of aliphatic hydroxyl groups is 1. The third kappa shape index (κ3) is 1.92. The van der Waals surface area contributed by atoms with Crippen molar-refractivity contribution >= 4 is 0 Å². The minimum atomic E-state index is -0.0319. The minimum absolute atomic E-state index is 0.0319. The van der Waals surface area contributed by atoms with Crippen molar-refractivity contribution in [3.8, 4) is 0 Å². The van der Waals surface area contributed by atoms with Gasteiger partial charge in [0.2, 0.25) is 0 Å². The molecule has 1 aliphatic carbocycles. The van der Waals surface area contributed by atoms with E-state index in [0.717, 1.165) is 25.7 Å². The van der Waals surface area contributed by atoms with Crippen LogP contribution in [0.5, 0.6) is 0 Å². The van der Waals surface area contributed by atoms with Crippen molar-refractivity contribution in [1.29, 1.82) is 0 Å². The average molecular weight is 158 g/mol. The lowest BCUT2D eigenvalue weighted by molar-refractivity contribution is 0.123. The predicted molar refractivity (Wildman–Crippen MR) is 45.3 cm³/mol. The monoisotopic (exact) mass is 158 g/mol. The summed E-state index contributed by atoms with van der Waals surface area (Å²) in [5.41, 5.74) is 5.72. The first-order valence-corrected chi connectivity index (χ1v) is 4.28. The first-order chi connectivity index (χ1) is 5.22. The van der Waals surface area contributed by atoms with E-state index in [1.807, 2.05) is 7.05 Å². The van der Waals surface area contributed by atoms with E-state index in [9.17, 15) is 0 Å². The van der Waals surface area contributed by atoms with E-state index in [4.69, 9.17) is 10.8 Å². The third-order valence-electron chi connectivity index (χ3n) is 2.82. The molecule has 0 amide bonds. The van der Waals surface area contributed by atoms with Gasteiger partial charge in [-0.15, -0.1) is 0 Å². The highest BCUT2D eigenvalue weighted by atomic mass is 16.3. The molecule has 0 spiro atoms. The van der Waals surface area contributed by atoms with Crippen LogP contribution in [0, 0.1) is 0 Å². The average Bonchev–Trinajstić information content (AvgIpc) is 2.07. The number of likely N-dealkylation sites (N-methyl/N-ethyl adjacent to an activating group) is 1. The fourth-order valence-electron chi connectivity index (χ4n) is 1.68. The van der Waals surface area contributed by atoms with Crippen LogP contribution in [0.25, 0.3) is 0 Å². The molecule has 0 aliphatic heterocycles. The van der Waals surface area contributed by atoms with Crippen LogP contribution in [0.15, 0.2) is 0 Å². The van der Waals surface area contributed by atoms with Gasteiger partial charge in [0.15, 0.2) is 0 Å². The summed E-state index contributed by atoms with van der Waals surface area (Å²) in [7, 11) is 1.91. The highest BCUT2D eigenvalue weighted by molar-refractivity contribution is 4.92. The van der Waals surface area contributed by atoms with Crippen LogP contribution in [-0.4, -0.2) is 30.3 Å². The van der Waals surface area contributed by atoms with Crippen LogP contribution in [0.4, 0.5) is 0 Å². The number of aliphatic hydroxyl groups excluding tert-OH is 1. The van der Waals surface area contributed by atoms with Gasteiger partial charge < -0.3 is 16.2 Å². The van der Waals surface area contributed by atoms with Crippen LogP contribution >= 0.6 is 0 Å². The van der Waals surface area contributed by atoms with Crippen LogP contribution in [0.1, 0.15) is 25.7 Å². The maximum Gasteiger partial charge on any atom is 0.0613 e. The van der Waals surface area contributed by atoms with Gasteiger partial charge in [-0.1, -0.05) is 0 Å². The molecule has 1 fully saturated rings. The van der Waals surface area contributed by atoms with Gasteiger partial charge >= 0.3 is 0 Å². The first-order valence-electron chi connectivity index (χ1n) is 4.28. The van der Waals surface area contributed by atoms with Gasteiger partial charge in [-0.05, 0) is 32.7 Å². The molecule has 0 heterocycles. The van der Waals surface area contributed by atoms with Gasteiger partial charge in [-0.3, -0.25) is 0 Å². The topological polar surface area (TPSA) is 58.3 Å². The Balaban J connectivity index is 2.45. The summed E-state index contributed by atoms with van der Waals surface area (Å²) in [6.45, 7) is 0.232. The molecule has 3 nitrogen and oxygen atoms in total. The maximum atomic E-state index is 9.12. The number of rotatable bonds is 2. The fourth-order valence-corrected chi connectivity index (χ4v) is 1.68. The van der Waals surface area contributed by atoms with E-state index in [2.05, 4.69) is 5.32 Å². The summed E-state index contributed by atoms with van der Waals surface area (Å²) in [6.07, 6.45) is 4.06. The van der Waals surface area contributed by atoms with Crippen LogP contribution in [0.2, 0.25) is 0 Å². The van der Waals surface area contributed by atoms with Gasteiger partial charge in [0.1, 0.15) is 0 Å². The smallest absolute Gasteiger partial charge is 0.0613 e. The van der Waals surface area contributed by atoms with Crippen molar-refractivity contribution in [3.63, 3.8) is 0 Å². The fraction of sp³-hybridized carbons (Fsp3) is 1.00. The molecular weight excluding hydrogens is 140 g/mol. The second-order valence-corrected chi connectivity index (χ2v) is 3.53. The summed E-state index contributed by atoms with van der Waals surface area (Å²) in [4.78, 5) is 0. The molecule has 4 N–H and O–H groups in total. The van der Waals surface area contributed by atoms with E-state index in [-0.39, 0.29) is 12.1 Å². The van der Waals surface area contributed by atoms with Gasteiger partial charge in [-0.2, -0.15) is 0 Å². The Morgan fingerprint density at radius 2 is 2.09 bits per heavy atom. The van der Waals surface area contributed by atoms with Crippen molar-refractivity contribution in [2.24, 2.45) is 5.73 Å². The molecule has 0 bridgehead atoms. The van der Waals surface area contributed by atoms with Gasteiger partial charge in [0.25, 0.3) is 0 Å². The Morgan fingerprint density at radius 3 is 2.45 bits per heavy atom. The summed E-state index contributed by atoms with van der Waals surface area (Å²) >= 11 is 0. The van der Waals surface area contributed by atoms with Crippen molar-refractivity contribution in [2.45, 2.75) is 37.3 Å². The van der Waals surface area contributed by atoms with Gasteiger partial charge in [0, 0.05) is 11.6 Å². The normalized spacial score (nSPS) is 39.0. The molecule has 1 saturated carbocycles. The van der Waals surface area contributed by atoms with Crippen molar-refractivity contribution in [2.75, 3.05) is 13.7 Å². The Morgan fingerprint density at radius 1 is 1.55 bits per heavy atom. The molecule has 0 aromatic rings. The molecule has 11 heavy (non-hydrogen) atoms. The zero-order valence-corrected chi connectivity index (χ0v) is 7.14. The maximum absolute atomic E-state index is 9.12. The lowest BCUT2D eigenvalue weighted by Crippen LogP contribution is -2.50. The molecule has 1 aliphatic rings. The molecule has 66 valence electrons. The predicted octanol–water partition coefficient (Wildman–Crippen LogP) is -0.162. The van der Waals surface area contributed by atoms with E-state index < -0.39 is 0 Å². The molecule has 0 radical (unpaired) electrons. The highest BCUT2D eigenvalue weighted by Crippen LogP contribution is 2.26. The van der Waals surface area contributed by atoms with Crippen LogP contribution < -0.4 is 11.1 Å². The van der Waals surface area contributed by atoms with E-state index in [1.54, 1.807) is 0 Å². The van der Waals surface area contributed by atoms with Gasteiger partial charge in [-0.25, -0.2) is 0 Å². The number of hydrogen-bond donors (Lipinski definition) is 3. The van der Waals surface area contributed by atoms with E-state index in [0.29, 0.717) is 6.04 Å². The van der Waals surface area contributed by atoms with Crippen molar-refractivity contribution in [1.82, 2.24) is 5.32 Å². The Hall–Kier alpha value is -0.120. The second-order valence-electron chi connectivity index (χ2n) is 3.53. The molecule has 0 saturated heterocycles. The molecule has 1 rings (SSSR count). The summed E-state index contributed by atoms with van der Waals surface area (Å²) in [6, 6.07) is 0.350. The SMILES string of the molecule is CNC1(CO)CCC(N)CC1. The Kier molecular flexibility index (Phi) is 2.87. The summed E-state index contributed by atoms with van der Waals surface area (Å²) in [5, 5.41) is 12.3. The number of hydrogen-bond acceptors (Lipinski definition) is 3. The molecule has 0 aromatic carbocycles. The molecular formula is C8H18N2O. The van der Waals surface area contributed by atoms with Crippen LogP contribution in [0.3, 0.4) is 0 Å². The standard InChI is InChI=1S/C8H18N2O/c1-10-8(6-11)4-2-7(9)3-5-8/h7,10-11H,2-6,9H2,1H3. The van der Waals surface area contributed by atoms with Crippen molar-refractivity contribution < 1.29 is 5.11 Å². The minimum Gasteiger partial charge on any atom is -0.394 e. The molecule has 3 heteroatoms. The number of nitrogens with one attached hydrogen (secondary N) is 1. The summed E-state index contributed by atoms with van der Waals surface area (Å²) in [5.74, 6) is 0. The quantitative estimate of drug-likeness (QED) is 0.523. The largest absolute Gasteiger partial charge is 0.394 e.